The second-order valence-corrected chi connectivity index (χ2v) is 12.1. The number of nitrogens with zero attached hydrogens (tertiary/aromatic N) is 6. The van der Waals surface area contributed by atoms with Crippen LogP contribution in [0.3, 0.4) is 0 Å². The fourth-order valence-electron chi connectivity index (χ4n) is 5.98. The smallest absolute Gasteiger partial charge is 0.350 e. The van der Waals surface area contributed by atoms with Crippen molar-refractivity contribution in [2.45, 2.75) is 46.1 Å². The summed E-state index contributed by atoms with van der Waals surface area (Å²) in [6.07, 6.45) is 3.74. The number of hydrogen-bond donors (Lipinski definition) is 0. The van der Waals surface area contributed by atoms with Gasteiger partial charge in [0.25, 0.3) is 0 Å². The third-order valence-electron chi connectivity index (χ3n) is 8.21. The summed E-state index contributed by atoms with van der Waals surface area (Å²) in [5, 5.41) is 0.546. The standard InChI is InChI=1S/C33H30B4ClFN6O2/c1-5-19-9-10-40-27(17(2)3)29(19)45-31-21(14-23(38)28(41-31)26-20(13-25(36)37)7-6-8-24(26)39)30(42-33(45)47)44-12-11-43(16-18(44)4)32(46)22(35)15-34/h6-10,13-15,17-18H,5,11-12,16H2,1-4H3/b22-15-/t18-/m0/s1. The summed E-state index contributed by atoms with van der Waals surface area (Å²) >= 11 is 6.92. The molecule has 1 aromatic carbocycles. The Labute approximate surface area is 283 Å². The summed E-state index contributed by atoms with van der Waals surface area (Å²) in [6.45, 7) is 8.79. The molecule has 230 valence electrons. The molecule has 8 radical (unpaired) electrons. The van der Waals surface area contributed by atoms with Crippen LogP contribution < -0.4 is 10.6 Å². The predicted molar refractivity (Wildman–Crippen MR) is 189 cm³/mol. The molecule has 8 nitrogen and oxygen atoms in total. The minimum absolute atomic E-state index is 0.0306. The lowest BCUT2D eigenvalue weighted by atomic mass is 9.77. The number of anilines is 1. The van der Waals surface area contributed by atoms with Gasteiger partial charge in [-0.3, -0.25) is 9.78 Å². The van der Waals surface area contributed by atoms with Crippen LogP contribution in [-0.2, 0) is 11.2 Å². The number of carbonyl (C=O) groups excluding carboxylic acids is 1. The van der Waals surface area contributed by atoms with Gasteiger partial charge >= 0.3 is 5.69 Å². The summed E-state index contributed by atoms with van der Waals surface area (Å²) in [4.78, 5) is 44.7. The molecule has 0 unspecified atom stereocenters. The van der Waals surface area contributed by atoms with E-state index < -0.39 is 11.5 Å². The van der Waals surface area contributed by atoms with Crippen molar-refractivity contribution >= 4 is 71.8 Å². The SMILES string of the molecule is [B]/C=C(\[B])C(=O)N1CCN(c2nc(=O)n(-c3c(CC)ccnc3C(C)C)c3nc(-c4c(F)cccc4C=C([B])[B])c(Cl)cc23)[C@@H](C)C1. The van der Waals surface area contributed by atoms with Crippen molar-refractivity contribution in [3.63, 3.8) is 0 Å². The molecule has 1 atom stereocenters. The van der Waals surface area contributed by atoms with E-state index in [9.17, 15) is 9.59 Å². The molecule has 14 heteroatoms. The monoisotopic (exact) mass is 640 g/mol. The molecule has 0 bridgehead atoms. The fourth-order valence-corrected chi connectivity index (χ4v) is 6.23. The first-order chi connectivity index (χ1) is 22.4. The van der Waals surface area contributed by atoms with Crippen molar-refractivity contribution in [2.75, 3.05) is 24.5 Å². The van der Waals surface area contributed by atoms with Gasteiger partial charge in [0, 0.05) is 37.4 Å². The Morgan fingerprint density at radius 3 is 2.55 bits per heavy atom. The average molecular weight is 640 g/mol. The quantitative estimate of drug-likeness (QED) is 0.223. The van der Waals surface area contributed by atoms with Crippen LogP contribution in [-0.4, -0.2) is 87.4 Å². The molecule has 0 saturated carbocycles. The Morgan fingerprint density at radius 2 is 1.91 bits per heavy atom. The van der Waals surface area contributed by atoms with Crippen molar-refractivity contribution in [3.05, 3.63) is 91.5 Å². The van der Waals surface area contributed by atoms with Crippen molar-refractivity contribution in [1.29, 1.82) is 0 Å². The number of halogens is 2. The number of amides is 1. The van der Waals surface area contributed by atoms with Gasteiger partial charge in [-0.25, -0.2) is 18.7 Å². The largest absolute Gasteiger partial charge is 0.355 e. The average Bonchev–Trinajstić information content (AvgIpc) is 3.03. The van der Waals surface area contributed by atoms with E-state index in [1.807, 2.05) is 38.7 Å². The van der Waals surface area contributed by atoms with Crippen molar-refractivity contribution in [1.82, 2.24) is 24.4 Å². The molecule has 1 aliphatic rings. The lowest BCUT2D eigenvalue weighted by Gasteiger charge is -2.41. The first-order valence-corrected chi connectivity index (χ1v) is 15.6. The molecule has 0 N–H and O–H groups in total. The minimum Gasteiger partial charge on any atom is -0.350 e. The fraction of sp³-hybridized carbons (Fsp3) is 0.303. The third kappa shape index (κ3) is 6.55. The predicted octanol–water partition coefficient (Wildman–Crippen LogP) is 4.17. The second kappa shape index (κ2) is 13.9. The van der Waals surface area contributed by atoms with Gasteiger partial charge in [-0.2, -0.15) is 10.4 Å². The number of hydrogen-bond acceptors (Lipinski definition) is 6. The molecule has 1 saturated heterocycles. The van der Waals surface area contributed by atoms with Gasteiger partial charge in [0.05, 0.1) is 43.2 Å². The molecule has 47 heavy (non-hydrogen) atoms. The molecule has 1 aliphatic heterocycles. The van der Waals surface area contributed by atoms with E-state index in [2.05, 4.69) is 9.97 Å². The highest BCUT2D eigenvalue weighted by Gasteiger charge is 2.31. The maximum atomic E-state index is 15.6. The number of aromatic nitrogens is 4. The van der Waals surface area contributed by atoms with Crippen molar-refractivity contribution < 1.29 is 9.18 Å². The van der Waals surface area contributed by atoms with Crippen molar-refractivity contribution in [2.24, 2.45) is 0 Å². The second-order valence-electron chi connectivity index (χ2n) is 11.7. The summed E-state index contributed by atoms with van der Waals surface area (Å²) in [7, 11) is 22.8. The van der Waals surface area contributed by atoms with Gasteiger partial charge in [-0.1, -0.05) is 50.6 Å². The zero-order chi connectivity index (χ0) is 34.2. The summed E-state index contributed by atoms with van der Waals surface area (Å²) in [5.74, 6) is 0.375. The molecule has 0 spiro atoms. The highest BCUT2D eigenvalue weighted by molar-refractivity contribution is 6.50. The lowest BCUT2D eigenvalue weighted by molar-refractivity contribution is -0.127. The Hall–Kier alpha value is -4.11. The van der Waals surface area contributed by atoms with Gasteiger partial charge in [0.15, 0.2) is 5.65 Å². The molecule has 0 aliphatic carbocycles. The van der Waals surface area contributed by atoms with Gasteiger partial charge in [0.1, 0.15) is 27.3 Å². The van der Waals surface area contributed by atoms with Crippen molar-refractivity contribution in [3.8, 4) is 16.9 Å². The summed E-state index contributed by atoms with van der Waals surface area (Å²) < 4.78 is 17.0. The summed E-state index contributed by atoms with van der Waals surface area (Å²) in [6, 6.07) is 7.67. The number of rotatable bonds is 7. The molecule has 5 rings (SSSR count). The van der Waals surface area contributed by atoms with Crippen LogP contribution in [0.5, 0.6) is 0 Å². The molecule has 3 aromatic heterocycles. The number of pyridine rings is 2. The number of carbonyl (C=O) groups is 1. The first kappa shape index (κ1) is 34.2. The minimum atomic E-state index is -0.601. The molecular weight excluding hydrogens is 610 g/mol. The maximum absolute atomic E-state index is 15.6. The maximum Gasteiger partial charge on any atom is 0.355 e. The first-order valence-electron chi connectivity index (χ1n) is 15.2. The van der Waals surface area contributed by atoms with E-state index in [0.29, 0.717) is 54.2 Å². The van der Waals surface area contributed by atoms with E-state index in [-0.39, 0.29) is 50.6 Å². The Kier molecular flexibility index (Phi) is 10.2. The van der Waals surface area contributed by atoms with E-state index in [1.54, 1.807) is 23.2 Å². The van der Waals surface area contributed by atoms with Crippen LogP contribution in [0.25, 0.3) is 34.1 Å². The van der Waals surface area contributed by atoms with E-state index in [0.717, 1.165) is 11.5 Å². The van der Waals surface area contributed by atoms with E-state index >= 15 is 4.39 Å². The van der Waals surface area contributed by atoms with Crippen LogP contribution in [0.1, 0.15) is 50.4 Å². The molecule has 4 heterocycles. The van der Waals surface area contributed by atoms with Crippen LogP contribution in [0.15, 0.2) is 58.1 Å². The van der Waals surface area contributed by atoms with Gasteiger partial charge in [-0.15, -0.1) is 5.98 Å². The van der Waals surface area contributed by atoms with Crippen LogP contribution in [0.2, 0.25) is 5.02 Å². The van der Waals surface area contributed by atoms with Crippen LogP contribution in [0, 0.1) is 5.82 Å². The molecular formula is C33H30B4ClFN6O2. The Morgan fingerprint density at radius 1 is 1.17 bits per heavy atom. The van der Waals surface area contributed by atoms with Gasteiger partial charge in [-0.05, 0) is 54.1 Å². The zero-order valence-corrected chi connectivity index (χ0v) is 27.4. The molecule has 4 aromatic rings. The highest BCUT2D eigenvalue weighted by Crippen LogP contribution is 2.38. The van der Waals surface area contributed by atoms with E-state index in [1.165, 1.54) is 22.8 Å². The van der Waals surface area contributed by atoms with Crippen LogP contribution >= 0.6 is 11.6 Å². The normalized spacial score (nSPS) is 15.4. The van der Waals surface area contributed by atoms with Crippen LogP contribution in [0.4, 0.5) is 10.2 Å². The number of aryl methyl sites for hydroxylation is 1. The molecule has 1 fully saturated rings. The summed E-state index contributed by atoms with van der Waals surface area (Å²) in [5.41, 5.74) is 2.19. The topological polar surface area (TPSA) is 84.2 Å². The van der Waals surface area contributed by atoms with Gasteiger partial charge in [0.2, 0.25) is 5.91 Å². The number of benzene rings is 1. The zero-order valence-electron chi connectivity index (χ0n) is 26.7. The van der Waals surface area contributed by atoms with E-state index in [4.69, 9.17) is 48.0 Å². The third-order valence-corrected chi connectivity index (χ3v) is 8.50. The number of piperazine rings is 1. The lowest BCUT2D eigenvalue weighted by Crippen LogP contribution is -2.54. The Balaban J connectivity index is 1.83. The Bertz CT molecular complexity index is 2000. The highest BCUT2D eigenvalue weighted by atomic mass is 35.5. The molecule has 1 amide bonds. The number of fused-ring (bicyclic) bond motifs is 1. The van der Waals surface area contributed by atoms with Gasteiger partial charge < -0.3 is 9.80 Å².